The molecule has 2 aliphatic carbocycles. The molecule has 3 atom stereocenters. The van der Waals surface area contributed by atoms with Gasteiger partial charge in [0.05, 0.1) is 38.8 Å². The first kappa shape index (κ1) is 25.4. The first-order valence-electron chi connectivity index (χ1n) is 10.7. The Morgan fingerprint density at radius 3 is 2.51 bits per heavy atom. The molecule has 0 bridgehead atoms. The first-order chi connectivity index (χ1) is 16.4. The van der Waals surface area contributed by atoms with Gasteiger partial charge in [-0.3, -0.25) is 9.78 Å². The fourth-order valence-electron chi connectivity index (χ4n) is 4.39. The van der Waals surface area contributed by atoms with Crippen molar-refractivity contribution in [3.63, 3.8) is 0 Å². The monoisotopic (exact) mass is 527 g/mol. The van der Waals surface area contributed by atoms with E-state index in [0.29, 0.717) is 18.4 Å². The van der Waals surface area contributed by atoms with Crippen LogP contribution in [0.15, 0.2) is 41.6 Å². The number of benzene rings is 1. The van der Waals surface area contributed by atoms with E-state index >= 15 is 0 Å². The van der Waals surface area contributed by atoms with Crippen molar-refractivity contribution in [1.29, 1.82) is 5.26 Å². The molecule has 1 aromatic carbocycles. The van der Waals surface area contributed by atoms with Crippen LogP contribution in [0.1, 0.15) is 31.2 Å². The minimum Gasteiger partial charge on any atom is -0.381 e. The molecule has 0 saturated heterocycles. The molecule has 4 rings (SSSR count). The number of halogens is 4. The fraction of sp³-hybridized carbons (Fsp3) is 0.435. The third kappa shape index (κ3) is 5.01. The van der Waals surface area contributed by atoms with E-state index < -0.39 is 55.2 Å². The number of hydrogen-bond acceptors (Lipinski definition) is 6. The summed E-state index contributed by atoms with van der Waals surface area (Å²) in [5.74, 6) is -1.44. The van der Waals surface area contributed by atoms with Crippen LogP contribution < -0.4 is 5.32 Å². The molecule has 1 amide bonds. The van der Waals surface area contributed by atoms with E-state index in [-0.39, 0.29) is 23.4 Å². The summed E-state index contributed by atoms with van der Waals surface area (Å²) >= 11 is 5.89. The summed E-state index contributed by atoms with van der Waals surface area (Å²) < 4.78 is 74.1. The lowest BCUT2D eigenvalue weighted by atomic mass is 10.0. The highest BCUT2D eigenvalue weighted by Crippen LogP contribution is 2.43. The van der Waals surface area contributed by atoms with Crippen LogP contribution in [0.4, 0.5) is 13.2 Å². The Morgan fingerprint density at radius 2 is 1.94 bits per heavy atom. The summed E-state index contributed by atoms with van der Waals surface area (Å²) in [7, 11) is -3.18. The van der Waals surface area contributed by atoms with Crippen molar-refractivity contribution in [3.05, 3.63) is 47.2 Å². The van der Waals surface area contributed by atoms with Gasteiger partial charge in [-0.05, 0) is 49.4 Å². The van der Waals surface area contributed by atoms with Gasteiger partial charge in [0.2, 0.25) is 5.91 Å². The van der Waals surface area contributed by atoms with Crippen LogP contribution in [0.2, 0.25) is 5.02 Å². The highest BCUT2D eigenvalue weighted by atomic mass is 35.5. The Morgan fingerprint density at radius 1 is 1.23 bits per heavy atom. The number of nitrogens with zero attached hydrogens (tertiary/aromatic N) is 2. The topological polar surface area (TPSA) is 109 Å². The van der Waals surface area contributed by atoms with Crippen molar-refractivity contribution < 1.29 is 31.1 Å². The molecule has 0 aliphatic heterocycles. The molecule has 2 saturated carbocycles. The first-order valence-corrected chi connectivity index (χ1v) is 12.6. The Kier molecular flexibility index (Phi) is 6.59. The Hall–Kier alpha value is -2.68. The molecule has 2 aromatic rings. The van der Waals surface area contributed by atoms with E-state index in [1.54, 1.807) is 0 Å². The van der Waals surface area contributed by atoms with Crippen molar-refractivity contribution in [3.8, 4) is 17.2 Å². The zero-order valence-corrected chi connectivity index (χ0v) is 20.0. The van der Waals surface area contributed by atoms with E-state index in [1.165, 1.54) is 31.6 Å². The van der Waals surface area contributed by atoms with E-state index in [4.69, 9.17) is 16.3 Å². The second kappa shape index (κ2) is 9.08. The quantitative estimate of drug-likeness (QED) is 0.604. The van der Waals surface area contributed by atoms with E-state index in [2.05, 4.69) is 10.3 Å². The number of carbonyl (C=O) groups excluding carboxylic acids is 1. The van der Waals surface area contributed by atoms with Gasteiger partial charge in [-0.15, -0.1) is 0 Å². The van der Waals surface area contributed by atoms with Crippen molar-refractivity contribution >= 4 is 27.3 Å². The number of nitrogens with one attached hydrogen (secondary N) is 1. The second-order valence-electron chi connectivity index (χ2n) is 8.80. The predicted octanol–water partition coefficient (Wildman–Crippen LogP) is 4.16. The molecule has 186 valence electrons. The van der Waals surface area contributed by atoms with Gasteiger partial charge in [0.25, 0.3) is 0 Å². The highest BCUT2D eigenvalue weighted by Gasteiger charge is 2.51. The van der Waals surface area contributed by atoms with Gasteiger partial charge in [-0.2, -0.15) is 18.4 Å². The van der Waals surface area contributed by atoms with E-state index in [9.17, 15) is 31.6 Å². The number of aromatic nitrogens is 1. The SMILES string of the molecule is COC1C[C@H](S(=O)(=O)c2ccc(-c3cncc(Cl)c3)cc2C(F)(F)F)C[C@H]1C(=O)NC1(C#N)CC1. The maximum atomic E-state index is 14.0. The maximum Gasteiger partial charge on any atom is 0.417 e. The molecular formula is C23H21ClF3N3O4S. The van der Waals surface area contributed by atoms with Crippen LogP contribution in [0.3, 0.4) is 0 Å². The van der Waals surface area contributed by atoms with Crippen LogP contribution in [0, 0.1) is 17.2 Å². The Labute approximate surface area is 205 Å². The predicted molar refractivity (Wildman–Crippen MR) is 120 cm³/mol. The second-order valence-corrected chi connectivity index (χ2v) is 11.4. The number of methoxy groups -OCH3 is 1. The number of nitriles is 1. The van der Waals surface area contributed by atoms with Crippen LogP contribution in [0.25, 0.3) is 11.1 Å². The Balaban J connectivity index is 1.67. The summed E-state index contributed by atoms with van der Waals surface area (Å²) in [6.45, 7) is 0. The zero-order chi connectivity index (χ0) is 25.6. The average molecular weight is 528 g/mol. The van der Waals surface area contributed by atoms with E-state index in [0.717, 1.165) is 12.1 Å². The maximum absolute atomic E-state index is 14.0. The molecule has 0 radical (unpaired) electrons. The van der Waals surface area contributed by atoms with Crippen molar-refractivity contribution in [1.82, 2.24) is 10.3 Å². The standard InChI is InChI=1S/C23H21ClF3N3O4S/c1-34-19-9-16(8-17(19)21(31)30-22(12-28)4-5-22)35(32,33)20-3-2-13(7-18(20)23(25,26)27)14-6-15(24)11-29-10-14/h2-3,6-7,10-11,16-17,19H,4-5,8-9H2,1H3,(H,30,31)/t16-,17-,19?/m1/s1. The summed E-state index contributed by atoms with van der Waals surface area (Å²) in [5, 5.41) is 10.8. The number of amides is 1. The number of sulfone groups is 1. The summed E-state index contributed by atoms with van der Waals surface area (Å²) in [6, 6.07) is 6.41. The average Bonchev–Trinajstić information content (AvgIpc) is 3.43. The number of pyridine rings is 1. The van der Waals surface area contributed by atoms with Crippen molar-refractivity contribution in [2.75, 3.05) is 7.11 Å². The van der Waals surface area contributed by atoms with Gasteiger partial charge in [0.1, 0.15) is 5.54 Å². The van der Waals surface area contributed by atoms with Gasteiger partial charge in [-0.1, -0.05) is 17.7 Å². The molecule has 1 aromatic heterocycles. The zero-order valence-electron chi connectivity index (χ0n) is 18.5. The van der Waals surface area contributed by atoms with Crippen LogP contribution >= 0.6 is 11.6 Å². The fourth-order valence-corrected chi connectivity index (χ4v) is 6.57. The summed E-state index contributed by atoms with van der Waals surface area (Å²) in [4.78, 5) is 15.8. The number of rotatable bonds is 6. The third-order valence-electron chi connectivity index (χ3n) is 6.50. The van der Waals surface area contributed by atoms with Crippen LogP contribution in [0.5, 0.6) is 0 Å². The largest absolute Gasteiger partial charge is 0.417 e. The molecule has 12 heteroatoms. The van der Waals surface area contributed by atoms with E-state index in [1.807, 2.05) is 6.07 Å². The van der Waals surface area contributed by atoms with Crippen molar-refractivity contribution in [2.24, 2.45) is 5.92 Å². The Bertz CT molecular complexity index is 1310. The molecule has 0 spiro atoms. The molecule has 7 nitrogen and oxygen atoms in total. The third-order valence-corrected chi connectivity index (χ3v) is 8.93. The minimum atomic E-state index is -4.95. The van der Waals surface area contributed by atoms with Gasteiger partial charge in [-0.25, -0.2) is 8.42 Å². The molecule has 1 heterocycles. The van der Waals surface area contributed by atoms with Gasteiger partial charge >= 0.3 is 6.18 Å². The number of hydrogen-bond donors (Lipinski definition) is 1. The van der Waals surface area contributed by atoms with Crippen LogP contribution in [-0.2, 0) is 25.5 Å². The molecule has 2 aliphatic rings. The molecule has 1 N–H and O–H groups in total. The lowest BCUT2D eigenvalue weighted by Gasteiger charge is -2.19. The summed E-state index contributed by atoms with van der Waals surface area (Å²) in [6.07, 6.45) is -2.49. The number of ether oxygens (including phenoxy) is 1. The lowest BCUT2D eigenvalue weighted by Crippen LogP contribution is -2.42. The van der Waals surface area contributed by atoms with Gasteiger partial charge in [0, 0.05) is 25.1 Å². The van der Waals surface area contributed by atoms with Gasteiger partial charge < -0.3 is 10.1 Å². The minimum absolute atomic E-state index is 0.107. The molecule has 35 heavy (non-hydrogen) atoms. The molecule has 2 fully saturated rings. The molecule has 1 unspecified atom stereocenters. The molecular weight excluding hydrogens is 507 g/mol. The summed E-state index contributed by atoms with van der Waals surface area (Å²) in [5.41, 5.74) is -1.86. The highest BCUT2D eigenvalue weighted by molar-refractivity contribution is 7.92. The number of alkyl halides is 3. The number of carbonyl (C=O) groups is 1. The smallest absolute Gasteiger partial charge is 0.381 e. The normalized spacial score (nSPS) is 23.5. The van der Waals surface area contributed by atoms with Crippen molar-refractivity contribution in [2.45, 2.75) is 53.6 Å². The lowest BCUT2D eigenvalue weighted by molar-refractivity contribution is -0.139. The van der Waals surface area contributed by atoms with Crippen LogP contribution in [-0.4, -0.2) is 43.3 Å². The van der Waals surface area contributed by atoms with Gasteiger partial charge in [0.15, 0.2) is 9.84 Å².